The van der Waals surface area contributed by atoms with Gasteiger partial charge < -0.3 is 15.2 Å². The summed E-state index contributed by atoms with van der Waals surface area (Å²) in [5.74, 6) is -0.562. The summed E-state index contributed by atoms with van der Waals surface area (Å²) in [5.41, 5.74) is -0.677. The van der Waals surface area contributed by atoms with E-state index in [1.807, 2.05) is 0 Å². The van der Waals surface area contributed by atoms with E-state index in [2.05, 4.69) is 9.97 Å². The Morgan fingerprint density at radius 2 is 2.43 bits per heavy atom. The van der Waals surface area contributed by atoms with Crippen LogP contribution in [-0.4, -0.2) is 38.2 Å². The van der Waals surface area contributed by atoms with Crippen LogP contribution in [0.15, 0.2) is 12.5 Å². The first kappa shape index (κ1) is 10.9. The smallest absolute Gasteiger partial charge is 0.189 e. The van der Waals surface area contributed by atoms with Crippen LogP contribution in [0.4, 0.5) is 0 Å². The minimum absolute atomic E-state index is 0.261. The molecule has 0 aromatic carbocycles. The number of aliphatic hydroxyl groups is 2. The van der Waals surface area contributed by atoms with Crippen LogP contribution in [0.2, 0.25) is 0 Å². The number of ketones is 1. The molecule has 0 spiro atoms. The molecule has 0 unspecified atom stereocenters. The summed E-state index contributed by atoms with van der Waals surface area (Å²) in [6.07, 6.45) is 4.01. The van der Waals surface area contributed by atoms with Crippen LogP contribution in [0.3, 0.4) is 0 Å². The van der Waals surface area contributed by atoms with Crippen molar-refractivity contribution in [1.29, 1.82) is 0 Å². The number of Topliss-reactive ketones (excluding diaryl/α,β-unsaturated/α-hetero) is 1. The Morgan fingerprint density at radius 1 is 1.71 bits per heavy atom. The van der Waals surface area contributed by atoms with Crippen molar-refractivity contribution >= 4 is 5.78 Å². The van der Waals surface area contributed by atoms with E-state index < -0.39 is 18.0 Å². The second kappa shape index (κ2) is 4.34. The summed E-state index contributed by atoms with van der Waals surface area (Å²) in [7, 11) is 0. The molecule has 5 heteroatoms. The van der Waals surface area contributed by atoms with E-state index in [0.29, 0.717) is 6.42 Å². The van der Waals surface area contributed by atoms with Gasteiger partial charge in [0.2, 0.25) is 0 Å². The number of aromatic amines is 1. The van der Waals surface area contributed by atoms with Crippen molar-refractivity contribution in [3.8, 4) is 0 Å². The van der Waals surface area contributed by atoms with Gasteiger partial charge >= 0.3 is 0 Å². The Labute approximate surface area is 81.8 Å². The fourth-order valence-corrected chi connectivity index (χ4v) is 1.11. The summed E-state index contributed by atoms with van der Waals surface area (Å²) in [5, 5.41) is 18.2. The number of H-pyrrole nitrogens is 1. The van der Waals surface area contributed by atoms with Gasteiger partial charge in [0.05, 0.1) is 12.0 Å². The molecule has 0 saturated carbocycles. The van der Waals surface area contributed by atoms with Gasteiger partial charge in [0.25, 0.3) is 0 Å². The predicted molar refractivity (Wildman–Crippen MR) is 49.6 cm³/mol. The number of rotatable bonds is 5. The van der Waals surface area contributed by atoms with Crippen LogP contribution in [-0.2, 0) is 11.2 Å². The lowest BCUT2D eigenvalue weighted by atomic mass is 9.94. The molecule has 1 rings (SSSR count). The first-order valence-corrected chi connectivity index (χ1v) is 4.40. The van der Waals surface area contributed by atoms with Crippen molar-refractivity contribution in [3.63, 3.8) is 0 Å². The highest BCUT2D eigenvalue weighted by atomic mass is 16.3. The molecule has 0 radical (unpaired) electrons. The highest BCUT2D eigenvalue weighted by Gasteiger charge is 2.28. The molecule has 1 aromatic rings. The molecule has 3 N–H and O–H groups in total. The van der Waals surface area contributed by atoms with E-state index in [-0.39, 0.29) is 6.42 Å². The second-order valence-corrected chi connectivity index (χ2v) is 3.42. The number of imidazole rings is 1. The maximum atomic E-state index is 11.1. The molecule has 78 valence electrons. The van der Waals surface area contributed by atoms with Crippen LogP contribution in [0.25, 0.3) is 0 Å². The quantitative estimate of drug-likeness (QED) is 0.604. The van der Waals surface area contributed by atoms with Gasteiger partial charge in [0.15, 0.2) is 5.78 Å². The number of aromatic nitrogens is 2. The zero-order valence-corrected chi connectivity index (χ0v) is 8.03. The number of hydrogen-bond acceptors (Lipinski definition) is 4. The van der Waals surface area contributed by atoms with Crippen molar-refractivity contribution in [3.05, 3.63) is 18.2 Å². The maximum absolute atomic E-state index is 11.1. The van der Waals surface area contributed by atoms with Gasteiger partial charge in [-0.25, -0.2) is 4.98 Å². The molecule has 1 heterocycles. The first-order valence-electron chi connectivity index (χ1n) is 4.40. The summed E-state index contributed by atoms with van der Waals surface area (Å²) in [4.78, 5) is 17.8. The Morgan fingerprint density at radius 3 is 2.93 bits per heavy atom. The van der Waals surface area contributed by atoms with Gasteiger partial charge in [-0.2, -0.15) is 0 Å². The Hall–Kier alpha value is -1.20. The first-order chi connectivity index (χ1) is 6.56. The third kappa shape index (κ3) is 2.65. The molecule has 0 saturated heterocycles. The van der Waals surface area contributed by atoms with Crippen molar-refractivity contribution in [2.75, 3.05) is 6.61 Å². The summed E-state index contributed by atoms with van der Waals surface area (Å²) < 4.78 is 0. The number of carbonyl (C=O) groups is 1. The maximum Gasteiger partial charge on any atom is 0.189 e. The largest absolute Gasteiger partial charge is 0.388 e. The van der Waals surface area contributed by atoms with Gasteiger partial charge in [-0.3, -0.25) is 4.79 Å². The molecule has 5 nitrogen and oxygen atoms in total. The van der Waals surface area contributed by atoms with E-state index >= 15 is 0 Å². The van der Waals surface area contributed by atoms with Crippen LogP contribution >= 0.6 is 0 Å². The van der Waals surface area contributed by atoms with Crippen molar-refractivity contribution in [2.45, 2.75) is 25.4 Å². The van der Waals surface area contributed by atoms with E-state index in [4.69, 9.17) is 5.11 Å². The summed E-state index contributed by atoms with van der Waals surface area (Å²) in [6.45, 7) is 0.770. The molecule has 0 fully saturated rings. The average molecular weight is 198 g/mol. The third-order valence-electron chi connectivity index (χ3n) is 2.17. The van der Waals surface area contributed by atoms with E-state index in [0.717, 1.165) is 5.69 Å². The number of nitrogens with zero attached hydrogens (tertiary/aromatic N) is 1. The van der Waals surface area contributed by atoms with E-state index in [9.17, 15) is 9.90 Å². The highest BCUT2D eigenvalue weighted by molar-refractivity contribution is 5.87. The lowest BCUT2D eigenvalue weighted by Gasteiger charge is -2.19. The van der Waals surface area contributed by atoms with Crippen LogP contribution in [0.1, 0.15) is 19.0 Å². The number of aliphatic hydroxyl groups excluding tert-OH is 1. The van der Waals surface area contributed by atoms with E-state index in [1.165, 1.54) is 13.3 Å². The third-order valence-corrected chi connectivity index (χ3v) is 2.17. The lowest BCUT2D eigenvalue weighted by Crippen LogP contribution is -2.37. The lowest BCUT2D eigenvalue weighted by molar-refractivity contribution is -0.139. The summed E-state index contributed by atoms with van der Waals surface area (Å²) in [6, 6.07) is 0. The number of hydrogen-bond donors (Lipinski definition) is 3. The SMILES string of the molecule is C[C@](O)(CCc1c[nH]cn1)C(=O)CO. The molecule has 0 aliphatic heterocycles. The molecule has 0 bridgehead atoms. The Bertz CT molecular complexity index is 293. The normalized spacial score (nSPS) is 15.1. The zero-order chi connectivity index (χ0) is 10.6. The van der Waals surface area contributed by atoms with Crippen LogP contribution in [0.5, 0.6) is 0 Å². The second-order valence-electron chi connectivity index (χ2n) is 3.42. The van der Waals surface area contributed by atoms with Gasteiger partial charge in [-0.15, -0.1) is 0 Å². The predicted octanol–water partition coefficient (Wildman–Crippen LogP) is -0.345. The van der Waals surface area contributed by atoms with Crippen molar-refractivity contribution in [2.24, 2.45) is 0 Å². The van der Waals surface area contributed by atoms with Crippen LogP contribution < -0.4 is 0 Å². The minimum Gasteiger partial charge on any atom is -0.388 e. The monoisotopic (exact) mass is 198 g/mol. The molecule has 0 amide bonds. The molecule has 1 atom stereocenters. The number of aryl methyl sites for hydroxylation is 1. The number of nitrogens with one attached hydrogen (secondary N) is 1. The van der Waals surface area contributed by atoms with Crippen LogP contribution in [0, 0.1) is 0 Å². The Kier molecular flexibility index (Phi) is 3.38. The molecule has 0 aliphatic carbocycles. The molecule has 14 heavy (non-hydrogen) atoms. The minimum atomic E-state index is -1.46. The highest BCUT2D eigenvalue weighted by Crippen LogP contribution is 2.13. The fourth-order valence-electron chi connectivity index (χ4n) is 1.11. The van der Waals surface area contributed by atoms with Gasteiger partial charge in [0, 0.05) is 6.20 Å². The zero-order valence-electron chi connectivity index (χ0n) is 8.03. The summed E-state index contributed by atoms with van der Waals surface area (Å²) >= 11 is 0. The van der Waals surface area contributed by atoms with Gasteiger partial charge in [-0.05, 0) is 19.8 Å². The van der Waals surface area contributed by atoms with Crippen molar-refractivity contribution in [1.82, 2.24) is 9.97 Å². The number of carbonyl (C=O) groups excluding carboxylic acids is 1. The Balaban J connectivity index is 2.48. The molecular weight excluding hydrogens is 184 g/mol. The van der Waals surface area contributed by atoms with E-state index in [1.54, 1.807) is 6.20 Å². The fraction of sp³-hybridized carbons (Fsp3) is 0.556. The molecule has 1 aromatic heterocycles. The standard InChI is InChI=1S/C9H14N2O3/c1-9(14,8(13)5-12)3-2-7-4-10-6-11-7/h4,6,12,14H,2-3,5H2,1H3,(H,10,11)/t9-/m0/s1. The topological polar surface area (TPSA) is 86.2 Å². The molecule has 0 aliphatic rings. The van der Waals surface area contributed by atoms with Gasteiger partial charge in [-0.1, -0.05) is 0 Å². The van der Waals surface area contributed by atoms with Crippen molar-refractivity contribution < 1.29 is 15.0 Å². The van der Waals surface area contributed by atoms with Gasteiger partial charge in [0.1, 0.15) is 12.2 Å². The average Bonchev–Trinajstić information content (AvgIpc) is 2.66. The molecular formula is C9H14N2O3.